The fourth-order valence-electron chi connectivity index (χ4n) is 5.63. The van der Waals surface area contributed by atoms with Crippen LogP contribution < -0.4 is 5.32 Å². The van der Waals surface area contributed by atoms with Crippen molar-refractivity contribution < 1.29 is 41.1 Å². The molecule has 1 aliphatic heterocycles. The fourth-order valence-corrected chi connectivity index (χ4v) is 5.94. The van der Waals surface area contributed by atoms with Crippen molar-refractivity contribution in [1.82, 2.24) is 9.80 Å². The number of halogens is 8. The molecule has 260 valence electrons. The lowest BCUT2D eigenvalue weighted by atomic mass is 9.84. The first-order chi connectivity index (χ1) is 22.5. The summed E-state index contributed by atoms with van der Waals surface area (Å²) in [5, 5.41) is 18.1. The number of nitrogens with zero attached hydrogens (tertiary/aromatic N) is 3. The molecule has 15 heteroatoms. The first-order valence-corrected chi connectivity index (χ1v) is 15.6. The predicted molar refractivity (Wildman–Crippen MR) is 172 cm³/mol. The van der Waals surface area contributed by atoms with E-state index in [-0.39, 0.29) is 17.6 Å². The lowest BCUT2D eigenvalue weighted by Gasteiger charge is -2.39. The minimum absolute atomic E-state index is 0.0187. The third kappa shape index (κ3) is 9.55. The van der Waals surface area contributed by atoms with Crippen molar-refractivity contribution in [2.24, 2.45) is 5.16 Å². The largest absolute Gasteiger partial charge is 0.416 e. The van der Waals surface area contributed by atoms with Gasteiger partial charge >= 0.3 is 18.4 Å². The number of urea groups is 1. The molecule has 3 aromatic rings. The molecule has 1 heterocycles. The lowest BCUT2D eigenvalue weighted by molar-refractivity contribution is -0.143. The molecule has 0 bridgehead atoms. The summed E-state index contributed by atoms with van der Waals surface area (Å²) in [5.41, 5.74) is -2.85. The Bertz CT molecular complexity index is 1560. The summed E-state index contributed by atoms with van der Waals surface area (Å²) in [6, 6.07) is 14.3. The van der Waals surface area contributed by atoms with Gasteiger partial charge in [-0.2, -0.15) is 26.3 Å². The van der Waals surface area contributed by atoms with E-state index in [4.69, 9.17) is 28.0 Å². The molecule has 48 heavy (non-hydrogen) atoms. The summed E-state index contributed by atoms with van der Waals surface area (Å²) < 4.78 is 80.2. The molecule has 3 aromatic carbocycles. The Morgan fingerprint density at radius 3 is 2.12 bits per heavy atom. The molecule has 2 amide bonds. The zero-order valence-corrected chi connectivity index (χ0v) is 27.5. The maximum absolute atomic E-state index is 13.4. The van der Waals surface area contributed by atoms with Gasteiger partial charge in [0.25, 0.3) is 0 Å². The number of benzene rings is 3. The van der Waals surface area contributed by atoms with Crippen molar-refractivity contribution in [3.05, 3.63) is 99.0 Å². The van der Waals surface area contributed by atoms with Crippen LogP contribution >= 0.6 is 23.2 Å². The van der Waals surface area contributed by atoms with Gasteiger partial charge in [0.15, 0.2) is 0 Å². The van der Waals surface area contributed by atoms with Crippen molar-refractivity contribution >= 4 is 40.6 Å². The minimum Gasteiger partial charge on any atom is -0.399 e. The van der Waals surface area contributed by atoms with Gasteiger partial charge in [-0.05, 0) is 67.3 Å². The molecule has 7 nitrogen and oxygen atoms in total. The average Bonchev–Trinajstić information content (AvgIpc) is 3.03. The minimum atomic E-state index is -5.08. The highest BCUT2D eigenvalue weighted by molar-refractivity contribution is 6.42. The molecule has 0 aliphatic carbocycles. The highest BCUT2D eigenvalue weighted by Crippen LogP contribution is 2.38. The van der Waals surface area contributed by atoms with E-state index in [9.17, 15) is 36.2 Å². The number of carbonyl (C=O) groups is 1. The summed E-state index contributed by atoms with van der Waals surface area (Å²) >= 11 is 12.5. The highest BCUT2D eigenvalue weighted by Gasteiger charge is 2.38. The van der Waals surface area contributed by atoms with E-state index in [1.54, 1.807) is 18.2 Å². The second-order valence-corrected chi connectivity index (χ2v) is 12.4. The number of rotatable bonds is 10. The van der Waals surface area contributed by atoms with Crippen LogP contribution in [0.15, 0.2) is 71.9 Å². The van der Waals surface area contributed by atoms with Gasteiger partial charge in [0.1, 0.15) is 7.11 Å². The van der Waals surface area contributed by atoms with Gasteiger partial charge in [0, 0.05) is 31.7 Å². The van der Waals surface area contributed by atoms with Gasteiger partial charge in [-0.3, -0.25) is 0 Å². The number of hydrogen-bond acceptors (Lipinski definition) is 5. The van der Waals surface area contributed by atoms with Gasteiger partial charge in [-0.25, -0.2) is 4.79 Å². The molecule has 2 N–H and O–H groups in total. The predicted octanol–water partition coefficient (Wildman–Crippen LogP) is 8.65. The zero-order valence-electron chi connectivity index (χ0n) is 26.0. The van der Waals surface area contributed by atoms with E-state index in [1.807, 2.05) is 30.3 Å². The number of amides is 2. The van der Waals surface area contributed by atoms with Gasteiger partial charge in [0.05, 0.1) is 39.0 Å². The van der Waals surface area contributed by atoms with Crippen LogP contribution in [0.25, 0.3) is 0 Å². The number of anilines is 1. The second kappa shape index (κ2) is 15.4. The van der Waals surface area contributed by atoms with E-state index < -0.39 is 46.7 Å². The van der Waals surface area contributed by atoms with Crippen molar-refractivity contribution in [2.75, 3.05) is 45.7 Å². The zero-order chi connectivity index (χ0) is 35.3. The van der Waals surface area contributed by atoms with Crippen molar-refractivity contribution in [3.63, 3.8) is 0 Å². The third-order valence-electron chi connectivity index (χ3n) is 8.27. The SMILES string of the molecule is CO/N=C(\CN(C)C(=O)Nc1cc(C(F)(F)F)cc(C(F)(F)F)c1)C(CCN1CCC(O)(c2ccccc2)CC1)c1ccc(Cl)c(Cl)c1. The van der Waals surface area contributed by atoms with Crippen LogP contribution in [0, 0.1) is 0 Å². The van der Waals surface area contributed by atoms with E-state index >= 15 is 0 Å². The fraction of sp³-hybridized carbons (Fsp3) is 0.394. The molecule has 1 fully saturated rings. The molecular weight excluding hydrogens is 685 g/mol. The third-order valence-corrected chi connectivity index (χ3v) is 9.01. The molecule has 4 rings (SSSR count). The van der Waals surface area contributed by atoms with E-state index in [2.05, 4.69) is 15.4 Å². The second-order valence-electron chi connectivity index (χ2n) is 11.6. The van der Waals surface area contributed by atoms with Crippen molar-refractivity contribution in [1.29, 1.82) is 0 Å². The summed E-state index contributed by atoms with van der Waals surface area (Å²) in [4.78, 5) is 21.5. The first-order valence-electron chi connectivity index (χ1n) is 14.9. The van der Waals surface area contributed by atoms with Gasteiger partial charge in [-0.15, -0.1) is 0 Å². The van der Waals surface area contributed by atoms with E-state index in [0.29, 0.717) is 67.3 Å². The normalized spacial score (nSPS) is 16.4. The monoisotopic (exact) mass is 718 g/mol. The Morgan fingerprint density at radius 2 is 1.58 bits per heavy atom. The molecule has 0 saturated carbocycles. The molecule has 0 radical (unpaired) electrons. The van der Waals surface area contributed by atoms with Crippen LogP contribution in [-0.4, -0.2) is 67.0 Å². The molecule has 1 aliphatic rings. The number of aliphatic hydroxyl groups is 1. The number of piperidine rings is 1. The topological polar surface area (TPSA) is 77.4 Å². The maximum Gasteiger partial charge on any atom is 0.416 e. The van der Waals surface area contributed by atoms with Crippen LogP contribution in [-0.2, 0) is 22.8 Å². The smallest absolute Gasteiger partial charge is 0.399 e. The summed E-state index contributed by atoms with van der Waals surface area (Å²) in [7, 11) is 2.63. The maximum atomic E-state index is 13.4. The van der Waals surface area contributed by atoms with E-state index in [0.717, 1.165) is 10.5 Å². The summed E-state index contributed by atoms with van der Waals surface area (Å²) in [6.45, 7) is 1.56. The average molecular weight is 720 g/mol. The standard InChI is InChI=1S/C33H34Cl2F6N4O3/c1-44(30(46)42-25-18-23(32(36,37)38)17-24(19-25)33(39,40)41)20-29(43-48-2)26(21-8-9-27(34)28(35)16-21)10-13-45-14-11-31(47,12-15-45)22-6-4-3-5-7-22/h3-9,16-19,26,47H,10-15,20H2,1-2H3,(H,42,46)/b43-29+. The van der Waals surface area contributed by atoms with E-state index in [1.165, 1.54) is 14.2 Å². The Morgan fingerprint density at radius 1 is 0.979 bits per heavy atom. The number of alkyl halides is 6. The highest BCUT2D eigenvalue weighted by atomic mass is 35.5. The number of hydrogen-bond donors (Lipinski definition) is 2. The van der Waals surface area contributed by atoms with Gasteiger partial charge in [-0.1, -0.05) is 64.8 Å². The van der Waals surface area contributed by atoms with Crippen LogP contribution in [0.5, 0.6) is 0 Å². The van der Waals surface area contributed by atoms with Gasteiger partial charge in [0.2, 0.25) is 0 Å². The molecule has 1 unspecified atom stereocenters. The number of likely N-dealkylation sites (tertiary alicyclic amines) is 1. The quantitative estimate of drug-likeness (QED) is 0.125. The molecule has 1 saturated heterocycles. The molecule has 1 atom stereocenters. The van der Waals surface area contributed by atoms with Crippen LogP contribution in [0.2, 0.25) is 10.0 Å². The van der Waals surface area contributed by atoms with Crippen LogP contribution in [0.4, 0.5) is 36.8 Å². The van der Waals surface area contributed by atoms with Crippen LogP contribution in [0.3, 0.4) is 0 Å². The lowest BCUT2D eigenvalue weighted by Crippen LogP contribution is -2.43. The van der Waals surface area contributed by atoms with Gasteiger partial charge < -0.3 is 25.1 Å². The Hall–Kier alpha value is -3.52. The Balaban J connectivity index is 1.52. The van der Waals surface area contributed by atoms with Crippen molar-refractivity contribution in [2.45, 2.75) is 43.1 Å². The first kappa shape index (κ1) is 37.3. The number of nitrogens with one attached hydrogen (secondary N) is 1. The summed E-state index contributed by atoms with van der Waals surface area (Å²) in [5.74, 6) is -0.490. The molecular formula is C33H34Cl2F6N4O3. The Kier molecular flexibility index (Phi) is 11.9. The molecule has 0 aromatic heterocycles. The summed E-state index contributed by atoms with van der Waals surface area (Å²) in [6.07, 6.45) is -8.66. The molecule has 0 spiro atoms. The van der Waals surface area contributed by atoms with Crippen LogP contribution in [0.1, 0.15) is 47.4 Å². The van der Waals surface area contributed by atoms with Crippen molar-refractivity contribution in [3.8, 4) is 0 Å². The Labute approximate surface area is 284 Å². The number of oxime groups is 1. The number of carbonyl (C=O) groups excluding carboxylic acids is 1.